The third-order valence-corrected chi connectivity index (χ3v) is 4.99. The average Bonchev–Trinajstić information content (AvgIpc) is 3.26. The Balaban J connectivity index is 2.02. The molecule has 2 amide bonds. The molecule has 1 aliphatic rings. The molecule has 3 atom stereocenters. The van der Waals surface area contributed by atoms with E-state index in [1.165, 1.54) is 12.1 Å². The maximum Gasteiger partial charge on any atom is 0.326 e. The Hall–Kier alpha value is -3.34. The molecule has 1 aromatic rings. The fraction of sp³-hybridized carbons (Fsp3) is 0.500. The highest BCUT2D eigenvalue weighted by Gasteiger charge is 2.29. The van der Waals surface area contributed by atoms with E-state index in [9.17, 15) is 24.6 Å². The monoisotopic (exact) mass is 434 g/mol. The number of phenols is 1. The van der Waals surface area contributed by atoms with Gasteiger partial charge >= 0.3 is 5.97 Å². The summed E-state index contributed by atoms with van der Waals surface area (Å²) in [6.45, 7) is 1.07. The Morgan fingerprint density at radius 2 is 1.90 bits per heavy atom. The molecule has 2 rings (SSSR count). The highest BCUT2D eigenvalue weighted by molar-refractivity contribution is 5.92. The highest BCUT2D eigenvalue weighted by atomic mass is 16.4. The summed E-state index contributed by atoms with van der Waals surface area (Å²) in [4.78, 5) is 37.0. The van der Waals surface area contributed by atoms with Crippen LogP contribution in [0.1, 0.15) is 31.2 Å². The second-order valence-electron chi connectivity index (χ2n) is 7.46. The molecule has 1 aromatic carbocycles. The number of hydrogen-bond acceptors (Lipinski definition) is 6. The molecular formula is C20H30N6O5. The fourth-order valence-corrected chi connectivity index (χ4v) is 3.32. The zero-order chi connectivity index (χ0) is 22.8. The second kappa shape index (κ2) is 11.7. The first-order valence-corrected chi connectivity index (χ1v) is 10.2. The zero-order valence-electron chi connectivity index (χ0n) is 17.2. The minimum Gasteiger partial charge on any atom is -0.508 e. The van der Waals surface area contributed by atoms with Gasteiger partial charge in [-0.1, -0.05) is 12.1 Å². The summed E-state index contributed by atoms with van der Waals surface area (Å²) in [6, 6.07) is 3.54. The molecule has 1 aliphatic heterocycles. The molecule has 170 valence electrons. The number of carboxylic acids is 1. The first-order chi connectivity index (χ1) is 14.8. The van der Waals surface area contributed by atoms with Crippen LogP contribution >= 0.6 is 0 Å². The number of nitrogens with one attached hydrogen (secondary N) is 5. The lowest BCUT2D eigenvalue weighted by Crippen LogP contribution is -2.54. The van der Waals surface area contributed by atoms with Crippen molar-refractivity contribution in [2.24, 2.45) is 5.73 Å². The molecule has 1 saturated heterocycles. The predicted molar refractivity (Wildman–Crippen MR) is 113 cm³/mol. The number of hydrogen-bond donors (Lipinski definition) is 8. The maximum absolute atomic E-state index is 12.8. The first-order valence-electron chi connectivity index (χ1n) is 10.2. The first kappa shape index (κ1) is 23.9. The van der Waals surface area contributed by atoms with E-state index in [0.717, 1.165) is 13.0 Å². The van der Waals surface area contributed by atoms with Crippen molar-refractivity contribution in [3.63, 3.8) is 0 Å². The lowest BCUT2D eigenvalue weighted by atomic mass is 10.0. The van der Waals surface area contributed by atoms with Crippen LogP contribution in [0.3, 0.4) is 0 Å². The van der Waals surface area contributed by atoms with Crippen LogP contribution in [0.5, 0.6) is 5.75 Å². The largest absolute Gasteiger partial charge is 0.508 e. The SMILES string of the molecule is N=C(N)NCCC[C@H](NC(=O)[C@@H]1CCCN1)C(=O)N[C@@H](Cc1ccc(O)cc1)C(=O)O. The van der Waals surface area contributed by atoms with Crippen LogP contribution in [-0.2, 0) is 20.8 Å². The molecule has 31 heavy (non-hydrogen) atoms. The Labute approximate surface area is 180 Å². The van der Waals surface area contributed by atoms with E-state index in [1.54, 1.807) is 12.1 Å². The van der Waals surface area contributed by atoms with Crippen molar-refractivity contribution in [3.05, 3.63) is 29.8 Å². The quantitative estimate of drug-likeness (QED) is 0.124. The van der Waals surface area contributed by atoms with Crippen molar-refractivity contribution in [1.29, 1.82) is 5.41 Å². The van der Waals surface area contributed by atoms with Crippen LogP contribution in [-0.4, -0.2) is 65.2 Å². The summed E-state index contributed by atoms with van der Waals surface area (Å²) in [7, 11) is 0. The Kier molecular flexibility index (Phi) is 9.07. The summed E-state index contributed by atoms with van der Waals surface area (Å²) < 4.78 is 0. The summed E-state index contributed by atoms with van der Waals surface area (Å²) in [5.41, 5.74) is 5.88. The molecule has 11 nitrogen and oxygen atoms in total. The number of carbonyl (C=O) groups is 3. The van der Waals surface area contributed by atoms with E-state index in [4.69, 9.17) is 11.1 Å². The van der Waals surface area contributed by atoms with Crippen molar-refractivity contribution in [1.82, 2.24) is 21.3 Å². The van der Waals surface area contributed by atoms with Crippen LogP contribution < -0.4 is 27.0 Å². The van der Waals surface area contributed by atoms with Gasteiger partial charge in [0.25, 0.3) is 0 Å². The molecule has 0 radical (unpaired) electrons. The molecule has 0 saturated carbocycles. The van der Waals surface area contributed by atoms with Gasteiger partial charge in [-0.05, 0) is 49.9 Å². The number of amides is 2. The molecule has 9 N–H and O–H groups in total. The number of nitrogens with two attached hydrogens (primary N) is 1. The van der Waals surface area contributed by atoms with Gasteiger partial charge in [-0.2, -0.15) is 0 Å². The van der Waals surface area contributed by atoms with Crippen molar-refractivity contribution < 1.29 is 24.6 Å². The predicted octanol–water partition coefficient (Wildman–Crippen LogP) is -0.996. The van der Waals surface area contributed by atoms with Gasteiger partial charge in [0.05, 0.1) is 6.04 Å². The molecule has 1 heterocycles. The molecule has 0 bridgehead atoms. The number of phenolic OH excluding ortho intramolecular Hbond substituents is 1. The molecular weight excluding hydrogens is 404 g/mol. The van der Waals surface area contributed by atoms with Crippen molar-refractivity contribution in [2.75, 3.05) is 13.1 Å². The van der Waals surface area contributed by atoms with E-state index in [1.807, 2.05) is 0 Å². The molecule has 0 aliphatic carbocycles. The lowest BCUT2D eigenvalue weighted by molar-refractivity contribution is -0.142. The van der Waals surface area contributed by atoms with Crippen LogP contribution in [0.15, 0.2) is 24.3 Å². The standard InChI is InChI=1S/C20H30N6O5/c21-20(22)24-10-2-4-15(25-17(28)14-3-1-9-23-14)18(29)26-16(19(30)31)11-12-5-7-13(27)8-6-12/h5-8,14-16,23,27H,1-4,9-11H2,(H,25,28)(H,26,29)(H,30,31)(H4,21,22,24)/t14-,15-,16-/m0/s1. The smallest absolute Gasteiger partial charge is 0.326 e. The van der Waals surface area contributed by atoms with Crippen LogP contribution in [0.25, 0.3) is 0 Å². The topological polar surface area (TPSA) is 190 Å². The van der Waals surface area contributed by atoms with Crippen molar-refractivity contribution >= 4 is 23.7 Å². The molecule has 0 spiro atoms. The summed E-state index contributed by atoms with van der Waals surface area (Å²) in [5.74, 6) is -2.24. The number of aromatic hydroxyl groups is 1. The van der Waals surface area contributed by atoms with E-state index in [2.05, 4.69) is 21.3 Å². The van der Waals surface area contributed by atoms with E-state index < -0.39 is 24.0 Å². The van der Waals surface area contributed by atoms with E-state index >= 15 is 0 Å². The summed E-state index contributed by atoms with van der Waals surface area (Å²) in [5, 5.41) is 37.0. The fourth-order valence-electron chi connectivity index (χ4n) is 3.32. The highest BCUT2D eigenvalue weighted by Crippen LogP contribution is 2.12. The van der Waals surface area contributed by atoms with Gasteiger partial charge in [-0.3, -0.25) is 15.0 Å². The van der Waals surface area contributed by atoms with Crippen LogP contribution in [0, 0.1) is 5.41 Å². The minimum absolute atomic E-state index is 0.0259. The number of carboxylic acid groups (broad SMARTS) is 1. The van der Waals surface area contributed by atoms with Crippen LogP contribution in [0.4, 0.5) is 0 Å². The number of aliphatic carboxylic acids is 1. The number of rotatable bonds is 11. The van der Waals surface area contributed by atoms with Gasteiger partial charge in [0.2, 0.25) is 11.8 Å². The van der Waals surface area contributed by atoms with Gasteiger partial charge in [0, 0.05) is 13.0 Å². The second-order valence-corrected chi connectivity index (χ2v) is 7.46. The third-order valence-electron chi connectivity index (χ3n) is 4.99. The van der Waals surface area contributed by atoms with Gasteiger partial charge in [-0.15, -0.1) is 0 Å². The zero-order valence-corrected chi connectivity index (χ0v) is 17.2. The number of guanidine groups is 1. The molecule has 1 fully saturated rings. The molecule has 0 aromatic heterocycles. The summed E-state index contributed by atoms with van der Waals surface area (Å²) in [6.07, 6.45) is 2.25. The van der Waals surface area contributed by atoms with Crippen LogP contribution in [0.2, 0.25) is 0 Å². The maximum atomic E-state index is 12.8. The molecule has 11 heteroatoms. The third kappa shape index (κ3) is 8.13. The Morgan fingerprint density at radius 3 is 2.48 bits per heavy atom. The summed E-state index contributed by atoms with van der Waals surface area (Å²) >= 11 is 0. The number of carbonyl (C=O) groups excluding carboxylic acids is 2. The Bertz CT molecular complexity index is 779. The van der Waals surface area contributed by atoms with Gasteiger partial charge in [-0.25, -0.2) is 4.79 Å². The van der Waals surface area contributed by atoms with Crippen molar-refractivity contribution in [2.45, 2.75) is 50.2 Å². The lowest BCUT2D eigenvalue weighted by Gasteiger charge is -2.23. The van der Waals surface area contributed by atoms with Gasteiger partial charge in [0.15, 0.2) is 5.96 Å². The van der Waals surface area contributed by atoms with Gasteiger partial charge in [0.1, 0.15) is 17.8 Å². The average molecular weight is 434 g/mol. The Morgan fingerprint density at radius 1 is 1.19 bits per heavy atom. The van der Waals surface area contributed by atoms with Crippen molar-refractivity contribution in [3.8, 4) is 5.75 Å². The normalized spacial score (nSPS) is 17.4. The van der Waals surface area contributed by atoms with Gasteiger partial charge < -0.3 is 37.2 Å². The number of benzene rings is 1. The van der Waals surface area contributed by atoms with E-state index in [-0.39, 0.29) is 36.5 Å². The van der Waals surface area contributed by atoms with E-state index in [0.29, 0.717) is 24.9 Å². The minimum atomic E-state index is -1.21. The molecule has 0 unspecified atom stereocenters.